The average Bonchev–Trinajstić information content (AvgIpc) is 2.97. The van der Waals surface area contributed by atoms with Crippen LogP contribution in [-0.4, -0.2) is 5.91 Å². The molecule has 2 aromatic rings. The standard InChI is InChI=1S/C16H18N2O2/c17-10-12-8-9-15(20-12)16(19)18-14-7-3-5-11-4-1-2-6-13(11)14/h1-2,4,6,8-9,14H,3,5,7,10,17H2,(H,18,19). The highest BCUT2D eigenvalue weighted by molar-refractivity contribution is 5.91. The van der Waals surface area contributed by atoms with E-state index < -0.39 is 0 Å². The molecule has 4 nitrogen and oxygen atoms in total. The Morgan fingerprint density at radius 2 is 2.15 bits per heavy atom. The van der Waals surface area contributed by atoms with Crippen molar-refractivity contribution in [2.45, 2.75) is 31.8 Å². The third-order valence-corrected chi connectivity index (χ3v) is 3.76. The van der Waals surface area contributed by atoms with Gasteiger partial charge in [0.25, 0.3) is 5.91 Å². The molecule has 1 aliphatic rings. The number of carbonyl (C=O) groups is 1. The van der Waals surface area contributed by atoms with Crippen molar-refractivity contribution < 1.29 is 9.21 Å². The molecule has 1 aromatic carbocycles. The number of fused-ring (bicyclic) bond motifs is 1. The number of aryl methyl sites for hydroxylation is 1. The maximum absolute atomic E-state index is 12.2. The van der Waals surface area contributed by atoms with E-state index in [1.807, 2.05) is 12.1 Å². The van der Waals surface area contributed by atoms with Gasteiger partial charge in [0.1, 0.15) is 5.76 Å². The molecule has 3 N–H and O–H groups in total. The van der Waals surface area contributed by atoms with Crippen molar-refractivity contribution in [1.82, 2.24) is 5.32 Å². The predicted octanol–water partition coefficient (Wildman–Crippen LogP) is 2.55. The molecular weight excluding hydrogens is 252 g/mol. The van der Waals surface area contributed by atoms with Crippen molar-refractivity contribution in [3.8, 4) is 0 Å². The molecule has 1 aliphatic carbocycles. The molecule has 0 spiro atoms. The molecule has 0 fully saturated rings. The van der Waals surface area contributed by atoms with Gasteiger partial charge in [-0.15, -0.1) is 0 Å². The molecule has 0 radical (unpaired) electrons. The van der Waals surface area contributed by atoms with E-state index in [1.54, 1.807) is 12.1 Å². The van der Waals surface area contributed by atoms with Gasteiger partial charge in [-0.1, -0.05) is 24.3 Å². The van der Waals surface area contributed by atoms with Crippen LogP contribution in [0, 0.1) is 0 Å². The summed E-state index contributed by atoms with van der Waals surface area (Å²) >= 11 is 0. The minimum absolute atomic E-state index is 0.0684. The lowest BCUT2D eigenvalue weighted by Gasteiger charge is -2.25. The van der Waals surface area contributed by atoms with Crippen LogP contribution >= 0.6 is 0 Å². The first-order valence-corrected chi connectivity index (χ1v) is 6.95. The molecular formula is C16H18N2O2. The largest absolute Gasteiger partial charge is 0.455 e. The molecule has 1 aromatic heterocycles. The molecule has 20 heavy (non-hydrogen) atoms. The number of nitrogens with one attached hydrogen (secondary N) is 1. The zero-order valence-electron chi connectivity index (χ0n) is 11.3. The van der Waals surface area contributed by atoms with E-state index in [0.717, 1.165) is 19.3 Å². The highest BCUT2D eigenvalue weighted by Gasteiger charge is 2.22. The van der Waals surface area contributed by atoms with Crippen LogP contribution < -0.4 is 11.1 Å². The van der Waals surface area contributed by atoms with E-state index in [0.29, 0.717) is 18.1 Å². The lowest BCUT2D eigenvalue weighted by molar-refractivity contribution is 0.0903. The van der Waals surface area contributed by atoms with Crippen LogP contribution in [0.4, 0.5) is 0 Å². The number of benzene rings is 1. The van der Waals surface area contributed by atoms with Crippen molar-refractivity contribution in [1.29, 1.82) is 0 Å². The summed E-state index contributed by atoms with van der Waals surface area (Å²) < 4.78 is 5.39. The summed E-state index contributed by atoms with van der Waals surface area (Å²) in [6.07, 6.45) is 3.14. The zero-order valence-corrected chi connectivity index (χ0v) is 11.3. The van der Waals surface area contributed by atoms with Gasteiger partial charge >= 0.3 is 0 Å². The Labute approximate surface area is 118 Å². The monoisotopic (exact) mass is 270 g/mol. The van der Waals surface area contributed by atoms with Gasteiger partial charge in [-0.3, -0.25) is 4.79 Å². The number of hydrogen-bond donors (Lipinski definition) is 2. The quantitative estimate of drug-likeness (QED) is 0.900. The summed E-state index contributed by atoms with van der Waals surface area (Å²) in [5.74, 6) is 0.777. The maximum atomic E-state index is 12.2. The number of rotatable bonds is 3. The van der Waals surface area contributed by atoms with E-state index in [1.165, 1.54) is 11.1 Å². The van der Waals surface area contributed by atoms with Crippen LogP contribution in [0.25, 0.3) is 0 Å². The molecule has 1 unspecified atom stereocenters. The van der Waals surface area contributed by atoms with Gasteiger partial charge in [-0.2, -0.15) is 0 Å². The Bertz CT molecular complexity index is 618. The highest BCUT2D eigenvalue weighted by atomic mass is 16.4. The van der Waals surface area contributed by atoms with E-state index >= 15 is 0 Å². The second kappa shape index (κ2) is 5.51. The molecule has 1 heterocycles. The van der Waals surface area contributed by atoms with Crippen molar-refractivity contribution >= 4 is 5.91 Å². The number of carbonyl (C=O) groups excluding carboxylic acids is 1. The number of nitrogens with two attached hydrogens (primary N) is 1. The van der Waals surface area contributed by atoms with Crippen molar-refractivity contribution in [3.05, 3.63) is 59.0 Å². The fraction of sp³-hybridized carbons (Fsp3) is 0.312. The maximum Gasteiger partial charge on any atom is 0.287 e. The van der Waals surface area contributed by atoms with E-state index in [9.17, 15) is 4.79 Å². The van der Waals surface area contributed by atoms with Crippen molar-refractivity contribution in [2.24, 2.45) is 5.73 Å². The second-order valence-corrected chi connectivity index (χ2v) is 5.09. The van der Waals surface area contributed by atoms with Crippen molar-refractivity contribution in [2.75, 3.05) is 0 Å². The summed E-state index contributed by atoms with van der Waals surface area (Å²) in [5.41, 5.74) is 8.03. The first-order valence-electron chi connectivity index (χ1n) is 6.95. The molecule has 104 valence electrons. The van der Waals surface area contributed by atoms with Crippen LogP contribution in [0.5, 0.6) is 0 Å². The average molecular weight is 270 g/mol. The smallest absolute Gasteiger partial charge is 0.287 e. The zero-order chi connectivity index (χ0) is 13.9. The SMILES string of the molecule is NCc1ccc(C(=O)NC2CCCc3ccccc32)o1. The lowest BCUT2D eigenvalue weighted by atomic mass is 9.88. The first-order chi connectivity index (χ1) is 9.78. The molecule has 0 saturated heterocycles. The summed E-state index contributed by atoms with van der Waals surface area (Å²) in [6, 6.07) is 11.8. The molecule has 3 rings (SSSR count). The van der Waals surface area contributed by atoms with Gasteiger partial charge in [-0.25, -0.2) is 0 Å². The fourth-order valence-electron chi connectivity index (χ4n) is 2.74. The summed E-state index contributed by atoms with van der Waals surface area (Å²) in [6.45, 7) is 0.305. The third kappa shape index (κ3) is 2.47. The van der Waals surface area contributed by atoms with E-state index in [-0.39, 0.29) is 11.9 Å². The molecule has 1 atom stereocenters. The lowest BCUT2D eigenvalue weighted by Crippen LogP contribution is -2.30. The normalized spacial score (nSPS) is 17.6. The van der Waals surface area contributed by atoms with Crippen LogP contribution in [0.1, 0.15) is 46.3 Å². The van der Waals surface area contributed by atoms with Gasteiger partial charge in [0.2, 0.25) is 0 Å². The Hall–Kier alpha value is -2.07. The number of furan rings is 1. The van der Waals surface area contributed by atoms with Gasteiger partial charge in [0, 0.05) is 0 Å². The topological polar surface area (TPSA) is 68.3 Å². The molecule has 0 aliphatic heterocycles. The van der Waals surface area contributed by atoms with Gasteiger partial charge in [0.15, 0.2) is 5.76 Å². The summed E-state index contributed by atoms with van der Waals surface area (Å²) in [5, 5.41) is 3.06. The van der Waals surface area contributed by atoms with Crippen LogP contribution in [-0.2, 0) is 13.0 Å². The van der Waals surface area contributed by atoms with E-state index in [4.69, 9.17) is 10.2 Å². The molecule has 4 heteroatoms. The van der Waals surface area contributed by atoms with E-state index in [2.05, 4.69) is 17.4 Å². The van der Waals surface area contributed by atoms with Crippen LogP contribution in [0.15, 0.2) is 40.8 Å². The Morgan fingerprint density at radius 3 is 2.95 bits per heavy atom. The third-order valence-electron chi connectivity index (χ3n) is 3.76. The Balaban J connectivity index is 1.77. The Kier molecular flexibility index (Phi) is 3.56. The van der Waals surface area contributed by atoms with Crippen LogP contribution in [0.3, 0.4) is 0 Å². The molecule has 0 bridgehead atoms. The summed E-state index contributed by atoms with van der Waals surface area (Å²) in [7, 11) is 0. The van der Waals surface area contributed by atoms with Gasteiger partial charge < -0.3 is 15.5 Å². The minimum atomic E-state index is -0.175. The predicted molar refractivity (Wildman–Crippen MR) is 76.2 cm³/mol. The fourth-order valence-corrected chi connectivity index (χ4v) is 2.74. The van der Waals surface area contributed by atoms with Gasteiger partial charge in [-0.05, 0) is 42.5 Å². The highest BCUT2D eigenvalue weighted by Crippen LogP contribution is 2.29. The number of hydrogen-bond acceptors (Lipinski definition) is 3. The van der Waals surface area contributed by atoms with Gasteiger partial charge in [0.05, 0.1) is 12.6 Å². The second-order valence-electron chi connectivity index (χ2n) is 5.09. The summed E-state index contributed by atoms with van der Waals surface area (Å²) in [4.78, 5) is 12.2. The Morgan fingerprint density at radius 1 is 1.30 bits per heavy atom. The molecule has 1 amide bonds. The van der Waals surface area contributed by atoms with Crippen molar-refractivity contribution in [3.63, 3.8) is 0 Å². The van der Waals surface area contributed by atoms with Crippen LogP contribution in [0.2, 0.25) is 0 Å². The first kappa shape index (κ1) is 12.9. The number of amides is 1. The molecule has 0 saturated carbocycles. The minimum Gasteiger partial charge on any atom is -0.455 e.